The van der Waals surface area contributed by atoms with Gasteiger partial charge in [0, 0.05) is 5.41 Å². The lowest BCUT2D eigenvalue weighted by molar-refractivity contribution is -0.189. The van der Waals surface area contributed by atoms with E-state index in [1.165, 1.54) is 12.8 Å². The van der Waals surface area contributed by atoms with Crippen LogP contribution in [-0.2, 0) is 4.74 Å². The third-order valence-corrected chi connectivity index (χ3v) is 2.65. The van der Waals surface area contributed by atoms with Crippen molar-refractivity contribution >= 4 is 0 Å². The van der Waals surface area contributed by atoms with Gasteiger partial charge in [-0.3, -0.25) is 0 Å². The first-order valence-corrected chi connectivity index (χ1v) is 3.30. The predicted octanol–water partition coefficient (Wildman–Crippen LogP) is 1.58. The standard InChI is InChI=1S/C7H12O/c1-6(2)5-8-7(6)3-4-7/h3-5H2,1-2H3. The van der Waals surface area contributed by atoms with Crippen molar-refractivity contribution in [2.24, 2.45) is 5.41 Å². The highest BCUT2D eigenvalue weighted by atomic mass is 16.5. The van der Waals surface area contributed by atoms with Crippen molar-refractivity contribution < 1.29 is 4.74 Å². The van der Waals surface area contributed by atoms with Crippen molar-refractivity contribution in [1.29, 1.82) is 0 Å². The Balaban J connectivity index is 2.19. The lowest BCUT2D eigenvalue weighted by atomic mass is 9.80. The molecular weight excluding hydrogens is 100 g/mol. The zero-order chi connectivity index (χ0) is 5.83. The maximum atomic E-state index is 5.44. The first-order valence-electron chi connectivity index (χ1n) is 3.30. The van der Waals surface area contributed by atoms with Crippen molar-refractivity contribution in [3.05, 3.63) is 0 Å². The molecule has 1 heterocycles. The fraction of sp³-hybridized carbons (Fsp3) is 1.00. The Morgan fingerprint density at radius 2 is 1.88 bits per heavy atom. The normalized spacial score (nSPS) is 36.8. The van der Waals surface area contributed by atoms with Crippen LogP contribution in [0, 0.1) is 5.41 Å². The summed E-state index contributed by atoms with van der Waals surface area (Å²) in [7, 11) is 0. The fourth-order valence-electron chi connectivity index (χ4n) is 1.50. The molecule has 2 aliphatic rings. The zero-order valence-electron chi connectivity index (χ0n) is 5.53. The van der Waals surface area contributed by atoms with Gasteiger partial charge in [0.25, 0.3) is 0 Å². The predicted molar refractivity (Wildman–Crippen MR) is 31.7 cm³/mol. The monoisotopic (exact) mass is 112 g/mol. The van der Waals surface area contributed by atoms with Crippen molar-refractivity contribution in [3.63, 3.8) is 0 Å². The van der Waals surface area contributed by atoms with Crippen LogP contribution >= 0.6 is 0 Å². The van der Waals surface area contributed by atoms with E-state index in [4.69, 9.17) is 4.74 Å². The van der Waals surface area contributed by atoms with Crippen LogP contribution in [0.15, 0.2) is 0 Å². The van der Waals surface area contributed by atoms with Crippen molar-refractivity contribution in [3.8, 4) is 0 Å². The Hall–Kier alpha value is -0.0400. The molecule has 1 nitrogen and oxygen atoms in total. The molecule has 0 amide bonds. The van der Waals surface area contributed by atoms with E-state index < -0.39 is 0 Å². The molecule has 1 heteroatoms. The Morgan fingerprint density at radius 1 is 1.25 bits per heavy atom. The summed E-state index contributed by atoms with van der Waals surface area (Å²) in [5, 5.41) is 0. The number of hydrogen-bond acceptors (Lipinski definition) is 1. The van der Waals surface area contributed by atoms with Gasteiger partial charge in [-0.05, 0) is 12.8 Å². The third-order valence-electron chi connectivity index (χ3n) is 2.65. The second kappa shape index (κ2) is 0.971. The largest absolute Gasteiger partial charge is 0.374 e. The van der Waals surface area contributed by atoms with E-state index in [2.05, 4.69) is 13.8 Å². The minimum Gasteiger partial charge on any atom is -0.374 e. The molecule has 0 aromatic rings. The number of hydrogen-bond donors (Lipinski definition) is 0. The average molecular weight is 112 g/mol. The second-order valence-electron chi connectivity index (χ2n) is 3.67. The Labute approximate surface area is 50.0 Å². The van der Waals surface area contributed by atoms with Gasteiger partial charge in [-0.1, -0.05) is 13.8 Å². The molecule has 8 heavy (non-hydrogen) atoms. The van der Waals surface area contributed by atoms with Crippen LogP contribution in [0.5, 0.6) is 0 Å². The maximum absolute atomic E-state index is 5.44. The Kier molecular flexibility index (Phi) is 0.583. The highest BCUT2D eigenvalue weighted by Gasteiger charge is 2.62. The molecule has 1 aliphatic heterocycles. The van der Waals surface area contributed by atoms with Crippen LogP contribution in [0.3, 0.4) is 0 Å². The summed E-state index contributed by atoms with van der Waals surface area (Å²) in [6, 6.07) is 0. The summed E-state index contributed by atoms with van der Waals surface area (Å²) in [5.41, 5.74) is 0.875. The molecule has 0 unspecified atom stereocenters. The van der Waals surface area contributed by atoms with E-state index in [-0.39, 0.29) is 0 Å². The summed E-state index contributed by atoms with van der Waals surface area (Å²) in [5.74, 6) is 0. The van der Waals surface area contributed by atoms with Crippen LogP contribution in [0.2, 0.25) is 0 Å². The molecule has 2 rings (SSSR count). The van der Waals surface area contributed by atoms with E-state index >= 15 is 0 Å². The van der Waals surface area contributed by atoms with E-state index in [1.807, 2.05) is 0 Å². The summed E-state index contributed by atoms with van der Waals surface area (Å²) >= 11 is 0. The average Bonchev–Trinajstić information content (AvgIpc) is 2.41. The molecule has 0 aromatic carbocycles. The first-order chi connectivity index (χ1) is 3.66. The van der Waals surface area contributed by atoms with E-state index in [0.717, 1.165) is 6.61 Å². The van der Waals surface area contributed by atoms with Gasteiger partial charge in [0.05, 0.1) is 12.2 Å². The molecule has 2 fully saturated rings. The SMILES string of the molecule is CC1(C)COC12CC2. The molecule has 1 aliphatic carbocycles. The highest BCUT2D eigenvalue weighted by molar-refractivity contribution is 5.12. The molecular formula is C7H12O. The highest BCUT2D eigenvalue weighted by Crippen LogP contribution is 2.60. The van der Waals surface area contributed by atoms with Crippen LogP contribution in [0.25, 0.3) is 0 Å². The van der Waals surface area contributed by atoms with Crippen LogP contribution in [-0.4, -0.2) is 12.2 Å². The molecule has 0 atom stereocenters. The summed E-state index contributed by atoms with van der Waals surface area (Å²) in [6.45, 7) is 5.57. The lowest BCUT2D eigenvalue weighted by Crippen LogP contribution is -2.49. The zero-order valence-corrected chi connectivity index (χ0v) is 5.53. The van der Waals surface area contributed by atoms with E-state index in [1.54, 1.807) is 0 Å². The number of ether oxygens (including phenoxy) is 1. The Bertz CT molecular complexity index is 118. The minimum atomic E-state index is 0.368. The van der Waals surface area contributed by atoms with Crippen LogP contribution in [0.4, 0.5) is 0 Å². The molecule has 1 saturated heterocycles. The molecule has 0 radical (unpaired) electrons. The van der Waals surface area contributed by atoms with E-state index in [9.17, 15) is 0 Å². The van der Waals surface area contributed by atoms with E-state index in [0.29, 0.717) is 11.0 Å². The Morgan fingerprint density at radius 3 is 1.88 bits per heavy atom. The van der Waals surface area contributed by atoms with Gasteiger partial charge in [0.2, 0.25) is 0 Å². The van der Waals surface area contributed by atoms with Gasteiger partial charge in [0.1, 0.15) is 0 Å². The van der Waals surface area contributed by atoms with Crippen molar-refractivity contribution in [1.82, 2.24) is 0 Å². The smallest absolute Gasteiger partial charge is 0.0757 e. The van der Waals surface area contributed by atoms with Crippen LogP contribution in [0.1, 0.15) is 26.7 Å². The second-order valence-corrected chi connectivity index (χ2v) is 3.67. The van der Waals surface area contributed by atoms with Crippen molar-refractivity contribution in [2.75, 3.05) is 6.61 Å². The van der Waals surface area contributed by atoms with Gasteiger partial charge >= 0.3 is 0 Å². The molecule has 46 valence electrons. The first kappa shape index (κ1) is 4.80. The summed E-state index contributed by atoms with van der Waals surface area (Å²) in [4.78, 5) is 0. The van der Waals surface area contributed by atoms with Gasteiger partial charge in [0.15, 0.2) is 0 Å². The molecule has 0 bridgehead atoms. The molecule has 1 spiro atoms. The minimum absolute atomic E-state index is 0.368. The topological polar surface area (TPSA) is 9.23 Å². The lowest BCUT2D eigenvalue weighted by Gasteiger charge is -2.45. The molecule has 0 N–H and O–H groups in total. The molecule has 1 saturated carbocycles. The maximum Gasteiger partial charge on any atom is 0.0757 e. The van der Waals surface area contributed by atoms with Crippen LogP contribution < -0.4 is 0 Å². The van der Waals surface area contributed by atoms with Gasteiger partial charge in [-0.15, -0.1) is 0 Å². The third kappa shape index (κ3) is 0.334. The summed E-state index contributed by atoms with van der Waals surface area (Å²) < 4.78 is 5.44. The fourth-order valence-corrected chi connectivity index (χ4v) is 1.50. The van der Waals surface area contributed by atoms with Gasteiger partial charge in [-0.2, -0.15) is 0 Å². The van der Waals surface area contributed by atoms with Crippen molar-refractivity contribution in [2.45, 2.75) is 32.3 Å². The quantitative estimate of drug-likeness (QED) is 0.462. The summed E-state index contributed by atoms with van der Waals surface area (Å²) in [6.07, 6.45) is 2.61. The van der Waals surface area contributed by atoms with Gasteiger partial charge in [-0.25, -0.2) is 0 Å². The van der Waals surface area contributed by atoms with Gasteiger partial charge < -0.3 is 4.74 Å². The number of rotatable bonds is 0. The molecule has 0 aromatic heterocycles.